The van der Waals surface area contributed by atoms with Crippen LogP contribution in [-0.2, 0) is 0 Å². The third-order valence-corrected chi connectivity index (χ3v) is 3.61. The highest BCUT2D eigenvalue weighted by Gasteiger charge is 2.30. The number of aliphatic hydroxyl groups is 2. The van der Waals surface area contributed by atoms with E-state index >= 15 is 0 Å². The lowest BCUT2D eigenvalue weighted by Gasteiger charge is -2.38. The van der Waals surface area contributed by atoms with E-state index in [1.54, 1.807) is 0 Å². The number of hydrogen-bond acceptors (Lipinski definition) is 3. The highest BCUT2D eigenvalue weighted by molar-refractivity contribution is 4.88. The lowest BCUT2D eigenvalue weighted by atomic mass is 9.82. The Morgan fingerprint density at radius 1 is 1.25 bits per heavy atom. The van der Waals surface area contributed by atoms with E-state index in [4.69, 9.17) is 5.11 Å². The van der Waals surface area contributed by atoms with Crippen LogP contribution >= 0.6 is 0 Å². The van der Waals surface area contributed by atoms with Crippen LogP contribution in [0.5, 0.6) is 0 Å². The van der Waals surface area contributed by atoms with E-state index in [2.05, 4.69) is 26.1 Å². The van der Waals surface area contributed by atoms with Gasteiger partial charge in [0.05, 0.1) is 6.10 Å². The van der Waals surface area contributed by atoms with Crippen LogP contribution in [0.2, 0.25) is 0 Å². The van der Waals surface area contributed by atoms with E-state index in [0.717, 1.165) is 25.7 Å². The van der Waals surface area contributed by atoms with Crippen molar-refractivity contribution >= 4 is 0 Å². The topological polar surface area (TPSA) is 52.5 Å². The van der Waals surface area contributed by atoms with Crippen molar-refractivity contribution in [1.82, 2.24) is 5.32 Å². The van der Waals surface area contributed by atoms with E-state index in [0.29, 0.717) is 0 Å². The summed E-state index contributed by atoms with van der Waals surface area (Å²) in [6.45, 7) is 6.73. The summed E-state index contributed by atoms with van der Waals surface area (Å²) >= 11 is 0. The highest BCUT2D eigenvalue weighted by atomic mass is 16.3. The van der Waals surface area contributed by atoms with Crippen molar-refractivity contribution in [3.63, 3.8) is 0 Å². The normalized spacial score (nSPS) is 29.1. The van der Waals surface area contributed by atoms with Gasteiger partial charge in [-0.3, -0.25) is 0 Å². The maximum Gasteiger partial charge on any atom is 0.0693 e. The van der Waals surface area contributed by atoms with Gasteiger partial charge < -0.3 is 15.5 Å². The van der Waals surface area contributed by atoms with E-state index in [-0.39, 0.29) is 30.2 Å². The predicted molar refractivity (Wildman–Crippen MR) is 66.3 cm³/mol. The molecule has 1 unspecified atom stereocenters. The molecule has 1 fully saturated rings. The SMILES string of the molecule is CC(C)(C)C(CCO)N[C@@H]1CCCC[C@H]1O. The zero-order chi connectivity index (χ0) is 12.2. The fraction of sp³-hybridized carbons (Fsp3) is 1.00. The van der Waals surface area contributed by atoms with Crippen molar-refractivity contribution in [3.05, 3.63) is 0 Å². The van der Waals surface area contributed by atoms with Crippen LogP contribution in [0.4, 0.5) is 0 Å². The van der Waals surface area contributed by atoms with Crippen molar-refractivity contribution in [3.8, 4) is 0 Å². The van der Waals surface area contributed by atoms with Crippen LogP contribution in [0.1, 0.15) is 52.9 Å². The van der Waals surface area contributed by atoms with Gasteiger partial charge in [0.25, 0.3) is 0 Å². The van der Waals surface area contributed by atoms with Gasteiger partial charge in [0, 0.05) is 18.7 Å². The molecule has 3 N–H and O–H groups in total. The Morgan fingerprint density at radius 2 is 1.88 bits per heavy atom. The molecule has 3 atom stereocenters. The molecule has 3 nitrogen and oxygen atoms in total. The number of aliphatic hydroxyl groups excluding tert-OH is 2. The Hall–Kier alpha value is -0.120. The third-order valence-electron chi connectivity index (χ3n) is 3.61. The van der Waals surface area contributed by atoms with E-state index in [1.807, 2.05) is 0 Å². The van der Waals surface area contributed by atoms with E-state index in [9.17, 15) is 5.11 Å². The molecule has 0 bridgehead atoms. The molecule has 0 aromatic rings. The maximum absolute atomic E-state index is 9.93. The number of rotatable bonds is 4. The highest BCUT2D eigenvalue weighted by Crippen LogP contribution is 2.25. The summed E-state index contributed by atoms with van der Waals surface area (Å²) < 4.78 is 0. The van der Waals surface area contributed by atoms with Crippen molar-refractivity contribution in [1.29, 1.82) is 0 Å². The Kier molecular flexibility index (Phi) is 5.22. The van der Waals surface area contributed by atoms with Gasteiger partial charge in [0.1, 0.15) is 0 Å². The first-order chi connectivity index (χ1) is 7.45. The van der Waals surface area contributed by atoms with Gasteiger partial charge in [-0.05, 0) is 24.7 Å². The molecular formula is C13H27NO2. The fourth-order valence-electron chi connectivity index (χ4n) is 2.46. The average molecular weight is 229 g/mol. The van der Waals surface area contributed by atoms with Crippen molar-refractivity contribution in [2.24, 2.45) is 5.41 Å². The monoisotopic (exact) mass is 229 g/mol. The average Bonchev–Trinajstić information content (AvgIpc) is 2.19. The van der Waals surface area contributed by atoms with Crippen LogP contribution < -0.4 is 5.32 Å². The smallest absolute Gasteiger partial charge is 0.0693 e. The van der Waals surface area contributed by atoms with Gasteiger partial charge in [-0.1, -0.05) is 33.6 Å². The molecule has 0 radical (unpaired) electrons. The second-order valence-corrected chi connectivity index (χ2v) is 6.06. The van der Waals surface area contributed by atoms with Crippen LogP contribution in [0.3, 0.4) is 0 Å². The lowest BCUT2D eigenvalue weighted by molar-refractivity contribution is 0.0685. The van der Waals surface area contributed by atoms with Gasteiger partial charge in [-0.15, -0.1) is 0 Å². The molecule has 3 heteroatoms. The Morgan fingerprint density at radius 3 is 2.38 bits per heavy atom. The Bertz CT molecular complexity index is 201. The molecule has 1 aliphatic carbocycles. The zero-order valence-corrected chi connectivity index (χ0v) is 10.9. The minimum absolute atomic E-state index is 0.125. The molecule has 0 aromatic carbocycles. The standard InChI is InChI=1S/C13H27NO2/c1-13(2,3)12(8-9-15)14-10-6-4-5-7-11(10)16/h10-12,14-16H,4-9H2,1-3H3/t10-,11-,12?/m1/s1. The fourth-order valence-corrected chi connectivity index (χ4v) is 2.46. The molecule has 0 spiro atoms. The Labute approximate surface area is 99.3 Å². The van der Waals surface area contributed by atoms with Gasteiger partial charge in [-0.2, -0.15) is 0 Å². The number of nitrogens with one attached hydrogen (secondary N) is 1. The van der Waals surface area contributed by atoms with Gasteiger partial charge in [-0.25, -0.2) is 0 Å². The van der Waals surface area contributed by atoms with Crippen molar-refractivity contribution < 1.29 is 10.2 Å². The van der Waals surface area contributed by atoms with Gasteiger partial charge in [0.15, 0.2) is 0 Å². The Balaban J connectivity index is 2.53. The summed E-state index contributed by atoms with van der Waals surface area (Å²) in [5.41, 5.74) is 0.125. The molecule has 16 heavy (non-hydrogen) atoms. The summed E-state index contributed by atoms with van der Waals surface area (Å²) in [5, 5.41) is 22.6. The van der Waals surface area contributed by atoms with Crippen LogP contribution in [0.25, 0.3) is 0 Å². The lowest BCUT2D eigenvalue weighted by Crippen LogP contribution is -2.51. The van der Waals surface area contributed by atoms with Crippen molar-refractivity contribution in [2.75, 3.05) is 6.61 Å². The second-order valence-electron chi connectivity index (χ2n) is 6.06. The summed E-state index contributed by atoms with van der Waals surface area (Å²) in [4.78, 5) is 0. The van der Waals surface area contributed by atoms with Crippen LogP contribution in [0, 0.1) is 5.41 Å². The van der Waals surface area contributed by atoms with Crippen molar-refractivity contribution in [2.45, 2.75) is 71.1 Å². The predicted octanol–water partition coefficient (Wildman–Crippen LogP) is 1.68. The molecule has 0 saturated heterocycles. The first-order valence-corrected chi connectivity index (χ1v) is 6.50. The third kappa shape index (κ3) is 4.04. The van der Waals surface area contributed by atoms with E-state index in [1.165, 1.54) is 6.42 Å². The minimum Gasteiger partial charge on any atom is -0.396 e. The van der Waals surface area contributed by atoms with E-state index < -0.39 is 0 Å². The first-order valence-electron chi connectivity index (χ1n) is 6.50. The largest absolute Gasteiger partial charge is 0.396 e. The zero-order valence-electron chi connectivity index (χ0n) is 10.9. The van der Waals surface area contributed by atoms with Gasteiger partial charge >= 0.3 is 0 Å². The molecule has 0 aromatic heterocycles. The second kappa shape index (κ2) is 5.99. The molecule has 0 heterocycles. The molecule has 0 aliphatic heterocycles. The molecule has 1 rings (SSSR count). The number of hydrogen-bond donors (Lipinski definition) is 3. The molecular weight excluding hydrogens is 202 g/mol. The van der Waals surface area contributed by atoms with Gasteiger partial charge in [0.2, 0.25) is 0 Å². The quantitative estimate of drug-likeness (QED) is 0.687. The molecule has 1 aliphatic rings. The summed E-state index contributed by atoms with van der Waals surface area (Å²) in [6, 6.07) is 0.486. The maximum atomic E-state index is 9.93. The minimum atomic E-state index is -0.211. The summed E-state index contributed by atoms with van der Waals surface area (Å²) in [7, 11) is 0. The summed E-state index contributed by atoms with van der Waals surface area (Å²) in [5.74, 6) is 0. The molecule has 0 amide bonds. The van der Waals surface area contributed by atoms with Crippen LogP contribution in [-0.4, -0.2) is 35.0 Å². The molecule has 96 valence electrons. The molecule has 1 saturated carbocycles. The first kappa shape index (κ1) is 13.9. The summed E-state index contributed by atoms with van der Waals surface area (Å²) in [6.07, 6.45) is 4.85. The van der Waals surface area contributed by atoms with Crippen LogP contribution in [0.15, 0.2) is 0 Å².